The number of rotatable bonds is 11. The van der Waals surface area contributed by atoms with Crippen LogP contribution in [0.5, 0.6) is 0 Å². The normalized spacial score (nSPS) is 14.9. The van der Waals surface area contributed by atoms with E-state index in [-0.39, 0.29) is 0 Å². The van der Waals surface area contributed by atoms with Crippen molar-refractivity contribution in [3.8, 4) is 0 Å². The summed E-state index contributed by atoms with van der Waals surface area (Å²) in [7, 11) is 0. The molecule has 0 saturated carbocycles. The van der Waals surface area contributed by atoms with Crippen molar-refractivity contribution in [1.82, 2.24) is 0 Å². The quantitative estimate of drug-likeness (QED) is 0.347. The Kier molecular flexibility index (Phi) is 11.9. The van der Waals surface area contributed by atoms with Crippen LogP contribution in [0.4, 0.5) is 0 Å². The number of allylic oxidation sites excluding steroid dienone is 4. The SMILES string of the molecule is CCCCC(/C(C)=C/C=C(/C)CC)C(CCC)CCC. The van der Waals surface area contributed by atoms with Crippen molar-refractivity contribution in [2.24, 2.45) is 11.8 Å². The van der Waals surface area contributed by atoms with Crippen LogP contribution < -0.4 is 0 Å². The lowest BCUT2D eigenvalue weighted by Gasteiger charge is -2.28. The molecule has 0 aromatic rings. The van der Waals surface area contributed by atoms with E-state index in [1.165, 1.54) is 50.5 Å². The van der Waals surface area contributed by atoms with E-state index in [1.807, 2.05) is 0 Å². The smallest absolute Gasteiger partial charge is 0.0175 e. The van der Waals surface area contributed by atoms with E-state index in [1.54, 1.807) is 5.57 Å². The van der Waals surface area contributed by atoms with E-state index in [0.29, 0.717) is 0 Å². The third kappa shape index (κ3) is 7.92. The molecule has 0 nitrogen and oxygen atoms in total. The first kappa shape index (κ1) is 19.5. The molecule has 0 aliphatic rings. The van der Waals surface area contributed by atoms with Gasteiger partial charge >= 0.3 is 0 Å². The molecule has 0 aliphatic carbocycles. The summed E-state index contributed by atoms with van der Waals surface area (Å²) in [5.74, 6) is 1.69. The van der Waals surface area contributed by atoms with Gasteiger partial charge in [-0.05, 0) is 38.5 Å². The Morgan fingerprint density at radius 2 is 1.40 bits per heavy atom. The first-order chi connectivity index (χ1) is 9.60. The van der Waals surface area contributed by atoms with Crippen molar-refractivity contribution in [3.63, 3.8) is 0 Å². The highest BCUT2D eigenvalue weighted by Gasteiger charge is 2.20. The van der Waals surface area contributed by atoms with E-state index < -0.39 is 0 Å². The van der Waals surface area contributed by atoms with Crippen molar-refractivity contribution in [2.45, 2.75) is 92.9 Å². The lowest BCUT2D eigenvalue weighted by atomic mass is 9.78. The second-order valence-electron chi connectivity index (χ2n) is 6.36. The van der Waals surface area contributed by atoms with Crippen LogP contribution in [0.15, 0.2) is 23.3 Å². The highest BCUT2D eigenvalue weighted by atomic mass is 14.3. The van der Waals surface area contributed by atoms with Gasteiger partial charge in [0.1, 0.15) is 0 Å². The Morgan fingerprint density at radius 1 is 0.800 bits per heavy atom. The van der Waals surface area contributed by atoms with Crippen LogP contribution in [0.1, 0.15) is 92.9 Å². The molecule has 0 N–H and O–H groups in total. The average Bonchev–Trinajstić information content (AvgIpc) is 2.45. The summed E-state index contributed by atoms with van der Waals surface area (Å²) in [6.07, 6.45) is 15.4. The second kappa shape index (κ2) is 12.2. The summed E-state index contributed by atoms with van der Waals surface area (Å²) >= 11 is 0. The molecule has 0 heteroatoms. The summed E-state index contributed by atoms with van der Waals surface area (Å²) in [6, 6.07) is 0. The topological polar surface area (TPSA) is 0 Å². The Balaban J connectivity index is 4.98. The van der Waals surface area contributed by atoms with Gasteiger partial charge in [0.05, 0.1) is 0 Å². The Labute approximate surface area is 128 Å². The standard InChI is InChI=1S/C20H38/c1-7-11-14-20(19(12-8-2)13-9-3)18(6)16-15-17(5)10-4/h15-16,19-20H,7-14H2,1-6H3/b17-15-,18-16+. The minimum absolute atomic E-state index is 0.802. The third-order valence-corrected chi connectivity index (χ3v) is 4.53. The van der Waals surface area contributed by atoms with E-state index in [0.717, 1.165) is 18.3 Å². The first-order valence-electron chi connectivity index (χ1n) is 8.94. The van der Waals surface area contributed by atoms with Crippen molar-refractivity contribution in [3.05, 3.63) is 23.3 Å². The number of hydrogen-bond acceptors (Lipinski definition) is 0. The minimum atomic E-state index is 0.802. The summed E-state index contributed by atoms with van der Waals surface area (Å²) in [4.78, 5) is 0. The van der Waals surface area contributed by atoms with Crippen LogP contribution >= 0.6 is 0 Å². The average molecular weight is 279 g/mol. The molecule has 0 aromatic heterocycles. The summed E-state index contributed by atoms with van der Waals surface area (Å²) in [5.41, 5.74) is 3.10. The zero-order valence-electron chi connectivity index (χ0n) is 15.0. The molecule has 0 fully saturated rings. The fraction of sp³-hybridized carbons (Fsp3) is 0.800. The highest BCUT2D eigenvalue weighted by molar-refractivity contribution is 5.17. The number of unbranched alkanes of at least 4 members (excludes halogenated alkanes) is 1. The minimum Gasteiger partial charge on any atom is -0.0736 e. The van der Waals surface area contributed by atoms with Crippen molar-refractivity contribution in [1.29, 1.82) is 0 Å². The molecule has 0 aliphatic heterocycles. The maximum atomic E-state index is 2.40. The molecule has 0 aromatic carbocycles. The van der Waals surface area contributed by atoms with Crippen molar-refractivity contribution in [2.75, 3.05) is 0 Å². The molecule has 0 spiro atoms. The van der Waals surface area contributed by atoms with Gasteiger partial charge in [0.25, 0.3) is 0 Å². The molecule has 118 valence electrons. The molecule has 0 amide bonds. The van der Waals surface area contributed by atoms with Crippen LogP contribution in [0.25, 0.3) is 0 Å². The lowest BCUT2D eigenvalue weighted by Crippen LogP contribution is -2.16. The second-order valence-corrected chi connectivity index (χ2v) is 6.36. The predicted octanol–water partition coefficient (Wildman–Crippen LogP) is 7.31. The molecule has 1 atom stereocenters. The fourth-order valence-electron chi connectivity index (χ4n) is 3.06. The molecular weight excluding hydrogens is 240 g/mol. The molecule has 0 heterocycles. The van der Waals surface area contributed by atoms with Gasteiger partial charge in [0.15, 0.2) is 0 Å². The van der Waals surface area contributed by atoms with Gasteiger partial charge in [0.2, 0.25) is 0 Å². The molecule has 0 saturated heterocycles. The Hall–Kier alpha value is -0.520. The van der Waals surface area contributed by atoms with E-state index in [2.05, 4.69) is 53.7 Å². The molecule has 1 unspecified atom stereocenters. The third-order valence-electron chi connectivity index (χ3n) is 4.53. The highest BCUT2D eigenvalue weighted by Crippen LogP contribution is 2.33. The molecule has 20 heavy (non-hydrogen) atoms. The first-order valence-corrected chi connectivity index (χ1v) is 8.94. The van der Waals surface area contributed by atoms with Crippen LogP contribution in [0.3, 0.4) is 0 Å². The maximum Gasteiger partial charge on any atom is -0.0175 e. The molecule has 0 rings (SSSR count). The molecular formula is C20H38. The van der Waals surface area contributed by atoms with E-state index >= 15 is 0 Å². The van der Waals surface area contributed by atoms with Crippen LogP contribution in [-0.2, 0) is 0 Å². The summed E-state index contributed by atoms with van der Waals surface area (Å²) < 4.78 is 0. The monoisotopic (exact) mass is 278 g/mol. The summed E-state index contributed by atoms with van der Waals surface area (Å²) in [6.45, 7) is 13.8. The maximum absolute atomic E-state index is 2.40. The predicted molar refractivity (Wildman–Crippen MR) is 94.1 cm³/mol. The fourth-order valence-corrected chi connectivity index (χ4v) is 3.06. The van der Waals surface area contributed by atoms with Gasteiger partial charge in [-0.25, -0.2) is 0 Å². The van der Waals surface area contributed by atoms with Crippen LogP contribution in [0.2, 0.25) is 0 Å². The van der Waals surface area contributed by atoms with Gasteiger partial charge in [-0.2, -0.15) is 0 Å². The van der Waals surface area contributed by atoms with E-state index in [4.69, 9.17) is 0 Å². The number of hydrogen-bond donors (Lipinski definition) is 0. The largest absolute Gasteiger partial charge is 0.0736 e. The van der Waals surface area contributed by atoms with Gasteiger partial charge < -0.3 is 0 Å². The van der Waals surface area contributed by atoms with Gasteiger partial charge in [-0.15, -0.1) is 0 Å². The Morgan fingerprint density at radius 3 is 1.85 bits per heavy atom. The van der Waals surface area contributed by atoms with Crippen molar-refractivity contribution >= 4 is 0 Å². The van der Waals surface area contributed by atoms with Gasteiger partial charge in [-0.1, -0.05) is 89.5 Å². The zero-order valence-corrected chi connectivity index (χ0v) is 15.0. The van der Waals surface area contributed by atoms with Gasteiger partial charge in [0, 0.05) is 0 Å². The lowest BCUT2D eigenvalue weighted by molar-refractivity contribution is 0.305. The van der Waals surface area contributed by atoms with Crippen LogP contribution in [-0.4, -0.2) is 0 Å². The molecule has 0 bridgehead atoms. The van der Waals surface area contributed by atoms with Crippen LogP contribution in [0, 0.1) is 11.8 Å². The summed E-state index contributed by atoms with van der Waals surface area (Å²) in [5, 5.41) is 0. The molecule has 0 radical (unpaired) electrons. The Bertz CT molecular complexity index is 276. The van der Waals surface area contributed by atoms with E-state index in [9.17, 15) is 0 Å². The van der Waals surface area contributed by atoms with Crippen molar-refractivity contribution < 1.29 is 0 Å². The zero-order chi connectivity index (χ0) is 15.4. The van der Waals surface area contributed by atoms with Gasteiger partial charge in [-0.3, -0.25) is 0 Å².